The van der Waals surface area contributed by atoms with Crippen LogP contribution in [0.15, 0.2) is 192 Å². The zero-order valence-corrected chi connectivity index (χ0v) is 82.0. The Morgan fingerprint density at radius 1 is 0.533 bits per heavy atom. The van der Waals surface area contributed by atoms with Crippen LogP contribution in [0.4, 0.5) is 0 Å². The van der Waals surface area contributed by atoms with Crippen molar-refractivity contribution in [3.63, 3.8) is 0 Å². The average Bonchev–Trinajstić information content (AvgIpc) is 0.765. The summed E-state index contributed by atoms with van der Waals surface area (Å²) in [5, 5.41) is 10.4. The van der Waals surface area contributed by atoms with Crippen molar-refractivity contribution in [2.75, 3.05) is 46.9 Å². The molecule has 1 aliphatic heterocycles. The molecule has 1 heterocycles. The minimum Gasteiger partial charge on any atom is -0.463 e. The van der Waals surface area contributed by atoms with Crippen LogP contribution >= 0.6 is 25.8 Å². The molecule has 14 nitrogen and oxygen atoms in total. The Bertz CT molecular complexity index is 4490. The van der Waals surface area contributed by atoms with E-state index >= 15 is 0 Å². The number of fused-ring (bicyclic) bond motifs is 4. The number of rotatable bonds is 25. The second kappa shape index (κ2) is 55.4. The van der Waals surface area contributed by atoms with Gasteiger partial charge in [-0.05, 0) is 299 Å². The van der Waals surface area contributed by atoms with Crippen LogP contribution < -0.4 is 0 Å². The fraction of sp³-hybridized carbons (Fsp3) is 0.470. The third-order valence-corrected chi connectivity index (χ3v) is 21.5. The number of aliphatic hydroxyl groups is 1. The smallest absolute Gasteiger partial charge is 0.355 e. The van der Waals surface area contributed by atoms with Crippen molar-refractivity contribution in [1.29, 1.82) is 2.56 Å². The van der Waals surface area contributed by atoms with E-state index in [0.29, 0.717) is 39.6 Å². The van der Waals surface area contributed by atoms with E-state index in [1.807, 2.05) is 101 Å². The molecule has 4 aliphatic carbocycles. The molecule has 1 fully saturated rings. The van der Waals surface area contributed by atoms with Gasteiger partial charge in [-0.1, -0.05) is 184 Å². The molecule has 0 spiro atoms. The van der Waals surface area contributed by atoms with Gasteiger partial charge >= 0.3 is 25.2 Å². The van der Waals surface area contributed by atoms with E-state index in [1.54, 1.807) is 44.6 Å². The van der Waals surface area contributed by atoms with Gasteiger partial charge in [-0.15, -0.1) is 0 Å². The summed E-state index contributed by atoms with van der Waals surface area (Å²) in [6.07, 6.45) is 40.0. The topological polar surface area (TPSA) is 179 Å². The van der Waals surface area contributed by atoms with Crippen LogP contribution in [-0.4, -0.2) is 99.0 Å². The molecule has 1 N–H and O–H groups in total. The van der Waals surface area contributed by atoms with E-state index in [9.17, 15) is 29.1 Å². The normalized spacial score (nSPS) is 19.6. The molecule has 7 unspecified atom stereocenters. The van der Waals surface area contributed by atoms with Gasteiger partial charge in [0.25, 0.3) is 0 Å². The van der Waals surface area contributed by atoms with Crippen LogP contribution in [0, 0.1) is 0 Å². The zero-order chi connectivity index (χ0) is 88.8. The standard InChI is InChI=1S/C28H38O4.C25H34O4.C23H30O3.C23H28O3.CH4.B.H2P2S.H3P.Zn/c1-6-30-26(29)18-20(2)10-9-11-21(3)22-13-14-24-23(19-22)25(15-16-28(24,4)5)32-27-12-7-8-17-31-27;1-7-28-24(26)15-18(2)9-8-10-19(3)20-11-12-22-21(16-20)23(29-17-27-6)13-14-25(22,4)5;2*1-6-26-22(25)14-16(2)8-7-9-17(3)18-10-11-20-19(15-18)21(24)12-13-23(20,4)5;;;1-2-3;;/h9-11,13-14,18-19,25,27H,6-8,12,15-17H2,1-5H3;8-12,15-16,23H,7,13-14,17H2,1-6H3;7-11,14-15,21,24H,6,12-13H2,1-5H3;7-11,14-15H,6,12-13H2,1-5H3;1H4;;1H2;1H3;/p+1/b10-9+,20-18+,21-11+;9-8+,18-15-,19-10+;8-7+,16-14+,17-9+;8-7+,16-14-,17-9+;;;;;/i;;;;;;;1D;/hT. The van der Waals surface area contributed by atoms with Gasteiger partial charge in [0.05, 0.1) is 54.9 Å². The Kier molecular flexibility index (Phi) is 49.6. The fourth-order valence-corrected chi connectivity index (χ4v) is 14.6. The Balaban J connectivity index is 0.000000791. The molecular formula is C100H140BO14P3SZn+. The summed E-state index contributed by atoms with van der Waals surface area (Å²) in [5.41, 5.74) is 22.5. The Morgan fingerprint density at radius 2 is 0.858 bits per heavy atom. The van der Waals surface area contributed by atoms with Crippen LogP contribution in [-0.2, 0) is 110 Å². The molecule has 0 saturated carbocycles. The summed E-state index contributed by atoms with van der Waals surface area (Å²) in [7, 11) is 5.52. The zero-order valence-electron chi connectivity index (χ0n) is 77.0. The van der Waals surface area contributed by atoms with E-state index < -0.39 is 6.99 Å². The molecule has 9 rings (SSSR count). The van der Waals surface area contributed by atoms with E-state index in [1.165, 1.54) is 75.2 Å². The number of ketones is 1. The summed E-state index contributed by atoms with van der Waals surface area (Å²) < 4.78 is 55.2. The number of esters is 4. The van der Waals surface area contributed by atoms with Crippen molar-refractivity contribution in [3.05, 3.63) is 259 Å². The molecule has 0 amide bonds. The Labute approximate surface area is 750 Å². The number of carbonyl (C=O) groups excluding carboxylic acids is 5. The minimum absolute atomic E-state index is 0. The van der Waals surface area contributed by atoms with Crippen LogP contribution in [0.1, 0.15) is 306 Å². The van der Waals surface area contributed by atoms with E-state index in [2.05, 4.69) is 176 Å². The summed E-state index contributed by atoms with van der Waals surface area (Å²) in [4.78, 5) is 58.2. The second-order valence-corrected chi connectivity index (χ2v) is 35.5. The van der Waals surface area contributed by atoms with Crippen LogP contribution in [0.25, 0.3) is 22.3 Å². The summed E-state index contributed by atoms with van der Waals surface area (Å²) in [6, 6.07) is 26.0. The maximum atomic E-state index is 12.3. The predicted octanol–water partition coefficient (Wildman–Crippen LogP) is 24.6. The van der Waals surface area contributed by atoms with Crippen molar-refractivity contribution in [1.82, 2.24) is 0 Å². The molecule has 4 aromatic rings. The molecule has 4 aromatic carbocycles. The van der Waals surface area contributed by atoms with Crippen molar-refractivity contribution in [3.8, 4) is 0 Å². The first kappa shape index (κ1) is 107. The molecule has 649 valence electrons. The summed E-state index contributed by atoms with van der Waals surface area (Å²) in [5.74, 6) is -1.03. The molecule has 7 atom stereocenters. The number of Topliss-reactive ketones (excluding diaryl/α,β-unsaturated/α-hetero) is 1. The number of benzene rings is 4. The van der Waals surface area contributed by atoms with Crippen LogP contribution in [0.5, 0.6) is 0 Å². The SMILES string of the molecule is C.CCOC(=O)/C=C(C)/C=C/C=C(\C)c1ccc2c(c1)C(O)CCC2(C)C.CCOC(=O)/C=C(C)/C=C/C=C(\C)c1ccc2c(c1)C(OC1CCCCO1)CCC2(C)C.CCOC(=O)\C=C(C)/C=C/C=C(\C)c1ccc2c(c1)C(=O)CCC2(C)C.CCOC(=O)\C=C(C)/C=C/C=C(\C)c1ccc2c(c1)C(OCOC)CCC2(C)C.[2H]P.[3H][P+](P)=S.[B].[Zn]. The molecule has 0 aromatic heterocycles. The molecule has 1 saturated heterocycles. The molecule has 3 radical (unpaired) electrons. The molecule has 0 bridgehead atoms. The number of allylic oxidation sites excluding steroid dienone is 20. The van der Waals surface area contributed by atoms with Gasteiger partial charge in [-0.2, -0.15) is 9.84 Å². The molecule has 120 heavy (non-hydrogen) atoms. The van der Waals surface area contributed by atoms with E-state index in [-0.39, 0.29) is 111 Å². The fourth-order valence-electron chi connectivity index (χ4n) is 14.6. The summed E-state index contributed by atoms with van der Waals surface area (Å²) in [6.45, 7) is 42.8. The van der Waals surface area contributed by atoms with Gasteiger partial charge in [0.15, 0.2) is 30.9 Å². The number of hydrogen-bond donors (Lipinski definition) is 1. The first-order valence-corrected chi connectivity index (χ1v) is 44.5. The van der Waals surface area contributed by atoms with Crippen LogP contribution in [0.2, 0.25) is 0 Å². The van der Waals surface area contributed by atoms with Crippen molar-refractivity contribution >= 4 is 97.9 Å². The van der Waals surface area contributed by atoms with Gasteiger partial charge in [-0.25, -0.2) is 19.2 Å². The molecular weight excluding hydrogens is 1630 g/mol. The molecule has 20 heteroatoms. The van der Waals surface area contributed by atoms with Gasteiger partial charge in [0.1, 0.15) is 6.79 Å². The quantitative estimate of drug-likeness (QED) is 0.0126. The van der Waals surface area contributed by atoms with Crippen molar-refractivity contribution < 1.29 is 86.5 Å². The van der Waals surface area contributed by atoms with Crippen molar-refractivity contribution in [2.45, 2.75) is 263 Å². The van der Waals surface area contributed by atoms with Gasteiger partial charge in [0, 0.05) is 77.9 Å². The van der Waals surface area contributed by atoms with Crippen molar-refractivity contribution in [2.24, 2.45) is 0 Å². The van der Waals surface area contributed by atoms with E-state index in [4.69, 9.17) is 40.5 Å². The van der Waals surface area contributed by atoms with Crippen LogP contribution in [0.3, 0.4) is 0 Å². The maximum absolute atomic E-state index is 12.3. The predicted molar refractivity (Wildman–Crippen MR) is 509 cm³/mol. The van der Waals surface area contributed by atoms with Gasteiger partial charge < -0.3 is 43.0 Å². The third kappa shape index (κ3) is 36.2. The Hall–Kier alpha value is -6.82. The number of aliphatic hydroxyl groups excluding tert-OH is 1. The largest absolute Gasteiger partial charge is 0.463 e. The number of carbonyl (C=O) groups is 5. The first-order valence-electron chi connectivity index (χ1n) is 42.0. The first-order chi connectivity index (χ1) is 56.3. The number of hydrogen-bond acceptors (Lipinski definition) is 15. The maximum Gasteiger partial charge on any atom is 0.355 e. The van der Waals surface area contributed by atoms with E-state index in [0.717, 1.165) is 131 Å². The monoisotopic (exact) mass is 1770 g/mol. The molecule has 5 aliphatic rings. The Morgan fingerprint density at radius 3 is 1.22 bits per heavy atom. The minimum atomic E-state index is -0.870. The average molecular weight is 1770 g/mol. The number of methoxy groups -OCH3 is 1. The second-order valence-electron chi connectivity index (χ2n) is 32.7. The third-order valence-electron chi connectivity index (χ3n) is 21.5. The van der Waals surface area contributed by atoms with Gasteiger partial charge in [0.2, 0.25) is 0 Å². The number of ether oxygens (including phenoxy) is 8. The van der Waals surface area contributed by atoms with Gasteiger partial charge in [-0.3, -0.25) is 4.79 Å². The summed E-state index contributed by atoms with van der Waals surface area (Å²) >= 11 is 4.31.